The molecule has 1 aliphatic rings. The molecule has 1 heterocycles. The molecule has 0 radical (unpaired) electrons. The summed E-state index contributed by atoms with van der Waals surface area (Å²) in [7, 11) is 0. The Morgan fingerprint density at radius 2 is 2.24 bits per heavy atom. The Morgan fingerprint density at radius 1 is 1.47 bits per heavy atom. The fraction of sp³-hybridized carbons (Fsp3) is 0.462. The van der Waals surface area contributed by atoms with E-state index in [2.05, 4.69) is 17.0 Å². The molecule has 92 valence electrons. The van der Waals surface area contributed by atoms with Crippen LogP contribution in [0.5, 0.6) is 0 Å². The van der Waals surface area contributed by atoms with Gasteiger partial charge >= 0.3 is 0 Å². The number of rotatable bonds is 2. The third-order valence-corrected chi connectivity index (χ3v) is 3.29. The Bertz CT molecular complexity index is 417. The number of nitrogens with zero attached hydrogens (tertiary/aromatic N) is 2. The van der Waals surface area contributed by atoms with E-state index in [0.29, 0.717) is 5.92 Å². The van der Waals surface area contributed by atoms with Gasteiger partial charge < -0.3 is 15.8 Å². The first kappa shape index (κ1) is 11.8. The molecule has 1 saturated heterocycles. The third kappa shape index (κ3) is 2.52. The number of anilines is 1. The molecule has 0 aliphatic carbocycles. The monoisotopic (exact) mass is 233 g/mol. The van der Waals surface area contributed by atoms with E-state index in [1.807, 2.05) is 24.3 Å². The zero-order valence-corrected chi connectivity index (χ0v) is 10.1. The van der Waals surface area contributed by atoms with Crippen LogP contribution in [0.15, 0.2) is 29.4 Å². The van der Waals surface area contributed by atoms with E-state index in [0.717, 1.165) is 24.3 Å². The molecule has 3 N–H and O–H groups in total. The molecule has 4 heteroatoms. The lowest BCUT2D eigenvalue weighted by atomic mass is 9.98. The SMILES string of the molecule is CC1CCCN(c2ccccc2C(N)=NO)C1. The summed E-state index contributed by atoms with van der Waals surface area (Å²) in [5, 5.41) is 11.9. The predicted octanol–water partition coefficient (Wildman–Crippen LogP) is 2.02. The van der Waals surface area contributed by atoms with Crippen molar-refractivity contribution in [1.82, 2.24) is 0 Å². The van der Waals surface area contributed by atoms with Gasteiger partial charge in [0.05, 0.1) is 0 Å². The maximum Gasteiger partial charge on any atom is 0.172 e. The maximum absolute atomic E-state index is 8.81. The highest BCUT2D eigenvalue weighted by Crippen LogP contribution is 2.25. The summed E-state index contributed by atoms with van der Waals surface area (Å²) in [4.78, 5) is 2.32. The van der Waals surface area contributed by atoms with E-state index < -0.39 is 0 Å². The molecule has 1 aromatic rings. The molecule has 1 aromatic carbocycles. The number of nitrogens with two attached hydrogens (primary N) is 1. The van der Waals surface area contributed by atoms with Crippen molar-refractivity contribution in [3.63, 3.8) is 0 Å². The average molecular weight is 233 g/mol. The summed E-state index contributed by atoms with van der Waals surface area (Å²) < 4.78 is 0. The van der Waals surface area contributed by atoms with Gasteiger partial charge in [-0.15, -0.1) is 0 Å². The van der Waals surface area contributed by atoms with E-state index >= 15 is 0 Å². The highest BCUT2D eigenvalue weighted by Gasteiger charge is 2.19. The van der Waals surface area contributed by atoms with Crippen molar-refractivity contribution in [2.75, 3.05) is 18.0 Å². The lowest BCUT2D eigenvalue weighted by Crippen LogP contribution is -2.35. The van der Waals surface area contributed by atoms with Crippen LogP contribution in [-0.2, 0) is 0 Å². The number of benzene rings is 1. The van der Waals surface area contributed by atoms with Gasteiger partial charge in [0, 0.05) is 24.3 Å². The topological polar surface area (TPSA) is 61.8 Å². The van der Waals surface area contributed by atoms with Crippen LogP contribution in [0, 0.1) is 5.92 Å². The molecule has 1 atom stereocenters. The first-order valence-corrected chi connectivity index (χ1v) is 6.04. The van der Waals surface area contributed by atoms with Gasteiger partial charge in [-0.3, -0.25) is 0 Å². The number of amidine groups is 1. The van der Waals surface area contributed by atoms with Gasteiger partial charge in [-0.05, 0) is 30.9 Å². The molecule has 1 unspecified atom stereocenters. The Kier molecular flexibility index (Phi) is 3.52. The van der Waals surface area contributed by atoms with Gasteiger partial charge in [0.15, 0.2) is 5.84 Å². The number of oxime groups is 1. The molecule has 0 aromatic heterocycles. The minimum Gasteiger partial charge on any atom is -0.409 e. The van der Waals surface area contributed by atoms with Crippen molar-refractivity contribution in [2.24, 2.45) is 16.8 Å². The van der Waals surface area contributed by atoms with Gasteiger partial charge in [-0.25, -0.2) is 0 Å². The van der Waals surface area contributed by atoms with Crippen LogP contribution in [0.3, 0.4) is 0 Å². The standard InChI is InChI=1S/C13H19N3O/c1-10-5-4-8-16(9-10)12-7-3-2-6-11(12)13(14)15-17/h2-3,6-7,10,17H,4-5,8-9H2,1H3,(H2,14,15). The average Bonchev–Trinajstić information content (AvgIpc) is 2.38. The molecule has 17 heavy (non-hydrogen) atoms. The molecule has 4 nitrogen and oxygen atoms in total. The minimum atomic E-state index is 0.179. The maximum atomic E-state index is 8.81. The lowest BCUT2D eigenvalue weighted by Gasteiger charge is -2.33. The van der Waals surface area contributed by atoms with E-state index in [1.54, 1.807) is 0 Å². The van der Waals surface area contributed by atoms with Crippen LogP contribution in [-0.4, -0.2) is 24.1 Å². The summed E-state index contributed by atoms with van der Waals surface area (Å²) in [5.74, 6) is 0.878. The number of hydrogen-bond donors (Lipinski definition) is 2. The largest absolute Gasteiger partial charge is 0.409 e. The molecule has 2 rings (SSSR count). The van der Waals surface area contributed by atoms with E-state index in [9.17, 15) is 0 Å². The molecular formula is C13H19N3O. The first-order valence-electron chi connectivity index (χ1n) is 6.04. The molecular weight excluding hydrogens is 214 g/mol. The second-order valence-electron chi connectivity index (χ2n) is 4.70. The Morgan fingerprint density at radius 3 is 2.94 bits per heavy atom. The highest BCUT2D eigenvalue weighted by atomic mass is 16.4. The van der Waals surface area contributed by atoms with E-state index in [-0.39, 0.29) is 5.84 Å². The number of piperidine rings is 1. The van der Waals surface area contributed by atoms with Gasteiger partial charge in [-0.2, -0.15) is 0 Å². The molecule has 1 aliphatic heterocycles. The van der Waals surface area contributed by atoms with E-state index in [4.69, 9.17) is 10.9 Å². The molecule has 1 fully saturated rings. The van der Waals surface area contributed by atoms with Crippen LogP contribution in [0.4, 0.5) is 5.69 Å². The van der Waals surface area contributed by atoms with Gasteiger partial charge in [0.25, 0.3) is 0 Å². The Balaban J connectivity index is 2.31. The van der Waals surface area contributed by atoms with Crippen LogP contribution in [0.1, 0.15) is 25.3 Å². The first-order chi connectivity index (χ1) is 8.22. The summed E-state index contributed by atoms with van der Waals surface area (Å²) >= 11 is 0. The summed E-state index contributed by atoms with van der Waals surface area (Å²) in [6.45, 7) is 4.34. The van der Waals surface area contributed by atoms with E-state index in [1.165, 1.54) is 12.8 Å². The fourth-order valence-corrected chi connectivity index (χ4v) is 2.43. The Labute approximate surface area is 102 Å². The summed E-state index contributed by atoms with van der Waals surface area (Å²) in [6, 6.07) is 7.82. The fourth-order valence-electron chi connectivity index (χ4n) is 2.43. The highest BCUT2D eigenvalue weighted by molar-refractivity contribution is 6.02. The zero-order valence-electron chi connectivity index (χ0n) is 10.1. The number of hydrogen-bond acceptors (Lipinski definition) is 3. The summed E-state index contributed by atoms with van der Waals surface area (Å²) in [5.41, 5.74) is 7.58. The zero-order chi connectivity index (χ0) is 12.3. The predicted molar refractivity (Wildman–Crippen MR) is 69.6 cm³/mol. The summed E-state index contributed by atoms with van der Waals surface area (Å²) in [6.07, 6.45) is 2.48. The minimum absolute atomic E-state index is 0.179. The van der Waals surface area contributed by atoms with Crippen molar-refractivity contribution in [3.8, 4) is 0 Å². The van der Waals surface area contributed by atoms with Crippen molar-refractivity contribution in [2.45, 2.75) is 19.8 Å². The number of para-hydroxylation sites is 1. The van der Waals surface area contributed by atoms with Gasteiger partial charge in [0.2, 0.25) is 0 Å². The van der Waals surface area contributed by atoms with Crippen molar-refractivity contribution in [3.05, 3.63) is 29.8 Å². The third-order valence-electron chi connectivity index (χ3n) is 3.29. The lowest BCUT2D eigenvalue weighted by molar-refractivity contribution is 0.318. The van der Waals surface area contributed by atoms with Crippen molar-refractivity contribution in [1.29, 1.82) is 0 Å². The van der Waals surface area contributed by atoms with Crippen molar-refractivity contribution >= 4 is 11.5 Å². The molecule has 0 bridgehead atoms. The molecule has 0 saturated carbocycles. The quantitative estimate of drug-likeness (QED) is 0.355. The van der Waals surface area contributed by atoms with Crippen LogP contribution < -0.4 is 10.6 Å². The second kappa shape index (κ2) is 5.08. The van der Waals surface area contributed by atoms with Gasteiger partial charge in [-0.1, -0.05) is 24.2 Å². The van der Waals surface area contributed by atoms with Crippen molar-refractivity contribution < 1.29 is 5.21 Å². The normalized spacial score (nSPS) is 21.6. The smallest absolute Gasteiger partial charge is 0.172 e. The van der Waals surface area contributed by atoms with Crippen LogP contribution in [0.25, 0.3) is 0 Å². The Hall–Kier alpha value is -1.71. The van der Waals surface area contributed by atoms with Gasteiger partial charge in [0.1, 0.15) is 0 Å². The second-order valence-corrected chi connectivity index (χ2v) is 4.70. The van der Waals surface area contributed by atoms with Crippen LogP contribution >= 0.6 is 0 Å². The molecule has 0 spiro atoms. The molecule has 0 amide bonds. The van der Waals surface area contributed by atoms with Crippen LogP contribution in [0.2, 0.25) is 0 Å².